The van der Waals surface area contributed by atoms with Gasteiger partial charge >= 0.3 is 0 Å². The molecule has 1 aromatic carbocycles. The Labute approximate surface area is 147 Å². The van der Waals surface area contributed by atoms with Crippen molar-refractivity contribution in [2.24, 2.45) is 0 Å². The zero-order chi connectivity index (χ0) is 17.0. The predicted molar refractivity (Wildman–Crippen MR) is 95.5 cm³/mol. The third kappa shape index (κ3) is 5.48. The molecule has 1 aromatic rings. The number of amides is 1. The highest BCUT2D eigenvalue weighted by Crippen LogP contribution is 2.31. The Morgan fingerprint density at radius 2 is 1.91 bits per heavy atom. The van der Waals surface area contributed by atoms with Gasteiger partial charge in [0.05, 0.1) is 4.47 Å². The van der Waals surface area contributed by atoms with Gasteiger partial charge in [-0.25, -0.2) is 5.01 Å². The van der Waals surface area contributed by atoms with Crippen molar-refractivity contribution >= 4 is 21.8 Å². The number of rotatable bonds is 4. The van der Waals surface area contributed by atoms with Crippen LogP contribution in [0.4, 0.5) is 0 Å². The molecule has 1 aliphatic heterocycles. The largest absolute Gasteiger partial charge is 0.483 e. The average molecular weight is 384 g/mol. The minimum atomic E-state index is -0.124. The van der Waals surface area contributed by atoms with E-state index < -0.39 is 0 Å². The first kappa shape index (κ1) is 18.2. The zero-order valence-corrected chi connectivity index (χ0v) is 15.9. The summed E-state index contributed by atoms with van der Waals surface area (Å²) in [7, 11) is 2.08. The second-order valence-electron chi connectivity index (χ2n) is 7.01. The molecule has 1 heterocycles. The lowest BCUT2D eigenvalue weighted by Crippen LogP contribution is -2.53. The summed E-state index contributed by atoms with van der Waals surface area (Å²) in [4.78, 5) is 14.2. The normalized spacial score (nSPS) is 17.1. The van der Waals surface area contributed by atoms with Gasteiger partial charge in [0.25, 0.3) is 5.91 Å². The van der Waals surface area contributed by atoms with Crippen LogP contribution in [0.5, 0.6) is 5.75 Å². The van der Waals surface area contributed by atoms with E-state index in [0.717, 1.165) is 30.7 Å². The molecule has 128 valence electrons. The first-order valence-corrected chi connectivity index (χ1v) is 8.71. The highest BCUT2D eigenvalue weighted by molar-refractivity contribution is 9.10. The van der Waals surface area contributed by atoms with Crippen molar-refractivity contribution in [1.82, 2.24) is 15.3 Å². The van der Waals surface area contributed by atoms with E-state index in [0.29, 0.717) is 5.75 Å². The number of nitrogens with zero attached hydrogens (tertiary/aromatic N) is 2. The zero-order valence-electron chi connectivity index (χ0n) is 14.4. The quantitative estimate of drug-likeness (QED) is 0.866. The first-order chi connectivity index (χ1) is 10.8. The second kappa shape index (κ2) is 7.64. The van der Waals surface area contributed by atoms with Crippen molar-refractivity contribution in [2.45, 2.75) is 26.2 Å². The van der Waals surface area contributed by atoms with Gasteiger partial charge < -0.3 is 9.64 Å². The molecule has 0 saturated carbocycles. The summed E-state index contributed by atoms with van der Waals surface area (Å²) in [6.45, 7) is 10.1. The lowest BCUT2D eigenvalue weighted by atomic mass is 9.87. The van der Waals surface area contributed by atoms with Gasteiger partial charge in [-0.05, 0) is 46.1 Å². The second-order valence-corrected chi connectivity index (χ2v) is 7.86. The maximum atomic E-state index is 12.0. The third-order valence-electron chi connectivity index (χ3n) is 3.94. The van der Waals surface area contributed by atoms with Crippen LogP contribution in [0.1, 0.15) is 26.3 Å². The van der Waals surface area contributed by atoms with Crippen molar-refractivity contribution in [3.8, 4) is 5.75 Å². The number of ether oxygens (including phenoxy) is 1. The number of piperazine rings is 1. The van der Waals surface area contributed by atoms with E-state index >= 15 is 0 Å². The van der Waals surface area contributed by atoms with E-state index in [1.165, 1.54) is 5.56 Å². The SMILES string of the molecule is CN1CCN(NC(=O)COc2ccc(C(C)(C)C)cc2Br)CC1. The van der Waals surface area contributed by atoms with Crippen LogP contribution in [0.3, 0.4) is 0 Å². The van der Waals surface area contributed by atoms with Crippen LogP contribution in [0.2, 0.25) is 0 Å². The summed E-state index contributed by atoms with van der Waals surface area (Å²) in [6, 6.07) is 6.00. The van der Waals surface area contributed by atoms with Gasteiger partial charge in [0.2, 0.25) is 0 Å². The monoisotopic (exact) mass is 383 g/mol. The van der Waals surface area contributed by atoms with Crippen LogP contribution in [-0.2, 0) is 10.2 Å². The molecule has 6 heteroatoms. The van der Waals surface area contributed by atoms with Crippen molar-refractivity contribution in [3.63, 3.8) is 0 Å². The lowest BCUT2D eigenvalue weighted by molar-refractivity contribution is -0.128. The Morgan fingerprint density at radius 1 is 1.26 bits per heavy atom. The highest BCUT2D eigenvalue weighted by Gasteiger charge is 2.17. The Hall–Kier alpha value is -1.11. The molecular weight excluding hydrogens is 358 g/mol. The van der Waals surface area contributed by atoms with Crippen LogP contribution < -0.4 is 10.2 Å². The summed E-state index contributed by atoms with van der Waals surface area (Å²) < 4.78 is 6.51. The maximum Gasteiger partial charge on any atom is 0.272 e. The molecular formula is C17H26BrN3O2. The molecule has 1 fully saturated rings. The first-order valence-electron chi connectivity index (χ1n) is 7.91. The molecule has 1 N–H and O–H groups in total. The van der Waals surface area contributed by atoms with Gasteiger partial charge in [-0.15, -0.1) is 0 Å². The molecule has 0 aliphatic carbocycles. The van der Waals surface area contributed by atoms with Crippen molar-refractivity contribution in [2.75, 3.05) is 39.8 Å². The molecule has 0 aromatic heterocycles. The van der Waals surface area contributed by atoms with Crippen LogP contribution in [0.25, 0.3) is 0 Å². The van der Waals surface area contributed by atoms with Gasteiger partial charge in [0.1, 0.15) is 5.75 Å². The van der Waals surface area contributed by atoms with E-state index in [9.17, 15) is 4.79 Å². The van der Waals surface area contributed by atoms with E-state index in [4.69, 9.17) is 4.74 Å². The number of carbonyl (C=O) groups excluding carboxylic acids is 1. The maximum absolute atomic E-state index is 12.0. The van der Waals surface area contributed by atoms with Crippen molar-refractivity contribution in [1.29, 1.82) is 0 Å². The average Bonchev–Trinajstić information content (AvgIpc) is 2.47. The Balaban J connectivity index is 1.84. The topological polar surface area (TPSA) is 44.8 Å². The van der Waals surface area contributed by atoms with E-state index in [2.05, 4.69) is 54.1 Å². The van der Waals surface area contributed by atoms with Crippen LogP contribution >= 0.6 is 15.9 Å². The fraction of sp³-hybridized carbons (Fsp3) is 0.588. The molecule has 0 bridgehead atoms. The number of hydrazine groups is 1. The minimum Gasteiger partial charge on any atom is -0.483 e. The van der Waals surface area contributed by atoms with Gasteiger partial charge in [0, 0.05) is 26.2 Å². The Morgan fingerprint density at radius 3 is 2.48 bits per heavy atom. The van der Waals surface area contributed by atoms with Gasteiger partial charge in [0.15, 0.2) is 6.61 Å². The van der Waals surface area contributed by atoms with E-state index in [1.54, 1.807) is 0 Å². The van der Waals surface area contributed by atoms with Gasteiger partial charge in [-0.3, -0.25) is 10.2 Å². The number of hydrogen-bond donors (Lipinski definition) is 1. The summed E-state index contributed by atoms with van der Waals surface area (Å²) in [6.07, 6.45) is 0. The molecule has 1 aliphatic rings. The number of likely N-dealkylation sites (N-methyl/N-ethyl adjacent to an activating group) is 1. The molecule has 1 amide bonds. The molecule has 5 nitrogen and oxygen atoms in total. The van der Waals surface area contributed by atoms with Crippen LogP contribution in [0, 0.1) is 0 Å². The fourth-order valence-electron chi connectivity index (χ4n) is 2.35. The summed E-state index contributed by atoms with van der Waals surface area (Å²) in [5.74, 6) is 0.563. The summed E-state index contributed by atoms with van der Waals surface area (Å²) in [5.41, 5.74) is 4.20. The number of nitrogens with one attached hydrogen (secondary N) is 1. The minimum absolute atomic E-state index is 0.0137. The molecule has 0 unspecified atom stereocenters. The van der Waals surface area contributed by atoms with E-state index in [1.807, 2.05) is 23.2 Å². The number of halogens is 1. The molecule has 0 spiro atoms. The standard InChI is InChI=1S/C17H26BrN3O2/c1-17(2,3)13-5-6-15(14(18)11-13)23-12-16(22)19-21-9-7-20(4)8-10-21/h5-6,11H,7-10,12H2,1-4H3,(H,19,22). The van der Waals surface area contributed by atoms with Crippen LogP contribution in [0.15, 0.2) is 22.7 Å². The fourth-order valence-corrected chi connectivity index (χ4v) is 2.85. The van der Waals surface area contributed by atoms with Crippen LogP contribution in [-0.4, -0.2) is 55.6 Å². The van der Waals surface area contributed by atoms with E-state index in [-0.39, 0.29) is 17.9 Å². The number of carbonyl (C=O) groups is 1. The summed E-state index contributed by atoms with van der Waals surface area (Å²) >= 11 is 3.52. The molecule has 0 atom stereocenters. The Bertz CT molecular complexity index is 549. The smallest absolute Gasteiger partial charge is 0.272 e. The van der Waals surface area contributed by atoms with Gasteiger partial charge in [-0.1, -0.05) is 26.8 Å². The molecule has 1 saturated heterocycles. The predicted octanol–water partition coefficient (Wildman–Crippen LogP) is 2.40. The third-order valence-corrected chi connectivity index (χ3v) is 4.56. The molecule has 23 heavy (non-hydrogen) atoms. The molecule has 2 rings (SSSR count). The number of benzene rings is 1. The lowest BCUT2D eigenvalue weighted by Gasteiger charge is -2.32. The number of hydrogen-bond acceptors (Lipinski definition) is 4. The van der Waals surface area contributed by atoms with Crippen molar-refractivity contribution < 1.29 is 9.53 Å². The Kier molecular flexibility index (Phi) is 6.06. The highest BCUT2D eigenvalue weighted by atomic mass is 79.9. The van der Waals surface area contributed by atoms with Crippen molar-refractivity contribution in [3.05, 3.63) is 28.2 Å². The van der Waals surface area contributed by atoms with Gasteiger partial charge in [-0.2, -0.15) is 0 Å². The summed E-state index contributed by atoms with van der Waals surface area (Å²) in [5, 5.41) is 1.95. The molecule has 0 radical (unpaired) electrons.